The average molecular weight is 356 g/mol. The number of aliphatic hydroxyl groups is 1. The fraction of sp³-hybridized carbons (Fsp3) is 0.526. The summed E-state index contributed by atoms with van der Waals surface area (Å²) in [5.74, 6) is 1.67. The second-order valence-electron chi connectivity index (χ2n) is 7.06. The Kier molecular flexibility index (Phi) is 4.63. The molecule has 1 amide bonds. The number of nitrogens with zero attached hydrogens (tertiary/aromatic N) is 4. The van der Waals surface area contributed by atoms with E-state index in [0.29, 0.717) is 31.9 Å². The lowest BCUT2D eigenvalue weighted by Gasteiger charge is -2.40. The highest BCUT2D eigenvalue weighted by Gasteiger charge is 2.39. The summed E-state index contributed by atoms with van der Waals surface area (Å²) in [5.41, 5.74) is 1.12. The van der Waals surface area contributed by atoms with E-state index in [4.69, 9.17) is 4.74 Å². The van der Waals surface area contributed by atoms with E-state index in [0.717, 1.165) is 24.5 Å². The molecule has 2 aliphatic rings. The highest BCUT2D eigenvalue weighted by atomic mass is 16.5. The molecule has 4 rings (SSSR count). The number of hydrogen-bond donors (Lipinski definition) is 1. The Balaban J connectivity index is 1.38. The molecule has 1 atom stereocenters. The second-order valence-corrected chi connectivity index (χ2v) is 7.06. The Morgan fingerprint density at radius 1 is 1.31 bits per heavy atom. The topological polar surface area (TPSA) is 80.5 Å². The van der Waals surface area contributed by atoms with Crippen molar-refractivity contribution < 1.29 is 14.6 Å². The predicted octanol–water partition coefficient (Wildman–Crippen LogP) is 1.57. The second kappa shape index (κ2) is 7.07. The fourth-order valence-electron chi connectivity index (χ4n) is 3.78. The van der Waals surface area contributed by atoms with Crippen LogP contribution in [-0.2, 0) is 17.8 Å². The third-order valence-electron chi connectivity index (χ3n) is 5.37. The standard InChI is InChI=1S/C19H24N4O3/c1-13-18-21-12-15(5-9-26-17-4-2-3-6-20-17)23(18)8-7-22(13)19(25)14-10-16(24)11-14/h2-4,6,12-14,16,24H,5,7-11H2,1H3/t13-,14?,16?/m0/s1. The molecule has 2 aromatic rings. The van der Waals surface area contributed by atoms with E-state index in [1.165, 1.54) is 0 Å². The van der Waals surface area contributed by atoms with Crippen LogP contribution in [0.25, 0.3) is 0 Å². The minimum Gasteiger partial charge on any atom is -0.477 e. The molecule has 2 aromatic heterocycles. The van der Waals surface area contributed by atoms with Crippen molar-refractivity contribution in [1.82, 2.24) is 19.4 Å². The number of hydrogen-bond acceptors (Lipinski definition) is 5. The molecule has 0 radical (unpaired) electrons. The van der Waals surface area contributed by atoms with Crippen molar-refractivity contribution in [2.75, 3.05) is 13.2 Å². The summed E-state index contributed by atoms with van der Waals surface area (Å²) >= 11 is 0. The summed E-state index contributed by atoms with van der Waals surface area (Å²) in [5, 5.41) is 9.45. The molecule has 0 unspecified atom stereocenters. The van der Waals surface area contributed by atoms with Gasteiger partial charge in [0.1, 0.15) is 5.82 Å². The minimum absolute atomic E-state index is 0.0276. The van der Waals surface area contributed by atoms with E-state index in [-0.39, 0.29) is 24.0 Å². The third-order valence-corrected chi connectivity index (χ3v) is 5.37. The maximum Gasteiger partial charge on any atom is 0.226 e. The lowest BCUT2D eigenvalue weighted by atomic mass is 9.81. The molecule has 26 heavy (non-hydrogen) atoms. The number of rotatable bonds is 5. The van der Waals surface area contributed by atoms with E-state index >= 15 is 0 Å². The first kappa shape index (κ1) is 17.0. The van der Waals surface area contributed by atoms with Gasteiger partial charge in [0.05, 0.1) is 18.8 Å². The number of fused-ring (bicyclic) bond motifs is 1. The molecule has 1 fully saturated rings. The molecule has 0 saturated heterocycles. The third kappa shape index (κ3) is 3.19. The molecule has 0 bridgehead atoms. The van der Waals surface area contributed by atoms with Crippen LogP contribution in [0.2, 0.25) is 0 Å². The van der Waals surface area contributed by atoms with Crippen LogP contribution in [0.5, 0.6) is 5.88 Å². The van der Waals surface area contributed by atoms with E-state index < -0.39 is 0 Å². The number of carbonyl (C=O) groups is 1. The number of amides is 1. The highest BCUT2D eigenvalue weighted by Crippen LogP contribution is 2.33. The van der Waals surface area contributed by atoms with Gasteiger partial charge in [0, 0.05) is 49.6 Å². The lowest BCUT2D eigenvalue weighted by molar-refractivity contribution is -0.145. The van der Waals surface area contributed by atoms with E-state index in [1.54, 1.807) is 6.20 Å². The Morgan fingerprint density at radius 2 is 2.15 bits per heavy atom. The number of aromatic nitrogens is 3. The number of imidazole rings is 1. The van der Waals surface area contributed by atoms with Crippen molar-refractivity contribution >= 4 is 5.91 Å². The van der Waals surface area contributed by atoms with Crippen LogP contribution in [-0.4, -0.2) is 49.7 Å². The van der Waals surface area contributed by atoms with Gasteiger partial charge in [-0.05, 0) is 25.8 Å². The van der Waals surface area contributed by atoms with Crippen LogP contribution >= 0.6 is 0 Å². The van der Waals surface area contributed by atoms with Crippen molar-refractivity contribution in [2.24, 2.45) is 5.92 Å². The van der Waals surface area contributed by atoms with Crippen LogP contribution in [0.1, 0.15) is 37.3 Å². The lowest BCUT2D eigenvalue weighted by Crippen LogP contribution is -2.48. The van der Waals surface area contributed by atoms with Gasteiger partial charge >= 0.3 is 0 Å². The van der Waals surface area contributed by atoms with Gasteiger partial charge in [-0.3, -0.25) is 4.79 Å². The van der Waals surface area contributed by atoms with Crippen molar-refractivity contribution in [3.63, 3.8) is 0 Å². The largest absolute Gasteiger partial charge is 0.477 e. The van der Waals surface area contributed by atoms with E-state index in [2.05, 4.69) is 14.5 Å². The van der Waals surface area contributed by atoms with Crippen LogP contribution in [0.4, 0.5) is 0 Å². The van der Waals surface area contributed by atoms with Crippen molar-refractivity contribution in [1.29, 1.82) is 0 Å². The molecule has 7 nitrogen and oxygen atoms in total. The molecule has 1 aliphatic heterocycles. The maximum atomic E-state index is 12.6. The molecule has 138 valence electrons. The number of aliphatic hydroxyl groups excluding tert-OH is 1. The smallest absolute Gasteiger partial charge is 0.226 e. The Hall–Kier alpha value is -2.41. The summed E-state index contributed by atoms with van der Waals surface area (Å²) in [6, 6.07) is 5.56. The minimum atomic E-state index is -0.309. The van der Waals surface area contributed by atoms with E-state index in [9.17, 15) is 9.90 Å². The van der Waals surface area contributed by atoms with E-state index in [1.807, 2.05) is 36.2 Å². The van der Waals surface area contributed by atoms with Crippen molar-refractivity contribution in [2.45, 2.75) is 44.9 Å². The summed E-state index contributed by atoms with van der Waals surface area (Å²) < 4.78 is 7.88. The number of pyridine rings is 1. The molecular weight excluding hydrogens is 332 g/mol. The molecule has 1 saturated carbocycles. The summed E-state index contributed by atoms with van der Waals surface area (Å²) in [7, 11) is 0. The molecule has 3 heterocycles. The molecule has 7 heteroatoms. The normalized spacial score (nSPS) is 24.7. The quantitative estimate of drug-likeness (QED) is 0.880. The zero-order valence-electron chi connectivity index (χ0n) is 14.9. The Bertz CT molecular complexity index is 770. The summed E-state index contributed by atoms with van der Waals surface area (Å²) in [6.07, 6.45) is 5.22. The van der Waals surface area contributed by atoms with Crippen LogP contribution in [0.3, 0.4) is 0 Å². The zero-order chi connectivity index (χ0) is 18.1. The molecule has 0 aromatic carbocycles. The van der Waals surface area contributed by atoms with Crippen LogP contribution in [0.15, 0.2) is 30.6 Å². The SMILES string of the molecule is C[C@H]1c2ncc(CCOc3ccccn3)n2CCN1C(=O)C1CC(O)C1. The number of carbonyl (C=O) groups excluding carboxylic acids is 1. The van der Waals surface area contributed by atoms with Gasteiger partial charge in [-0.1, -0.05) is 6.07 Å². The fourth-order valence-corrected chi connectivity index (χ4v) is 3.78. The first-order valence-electron chi connectivity index (χ1n) is 9.20. The summed E-state index contributed by atoms with van der Waals surface area (Å²) in [4.78, 5) is 23.3. The Morgan fingerprint density at radius 3 is 2.88 bits per heavy atom. The highest BCUT2D eigenvalue weighted by molar-refractivity contribution is 5.80. The van der Waals surface area contributed by atoms with Gasteiger partial charge in [0.25, 0.3) is 0 Å². The predicted molar refractivity (Wildman–Crippen MR) is 94.5 cm³/mol. The van der Waals surface area contributed by atoms with Gasteiger partial charge < -0.3 is 19.3 Å². The molecule has 1 N–H and O–H groups in total. The van der Waals surface area contributed by atoms with Crippen molar-refractivity contribution in [3.8, 4) is 5.88 Å². The van der Waals surface area contributed by atoms with Crippen LogP contribution < -0.4 is 4.74 Å². The number of ether oxygens (including phenoxy) is 1. The monoisotopic (exact) mass is 356 g/mol. The van der Waals surface area contributed by atoms with Crippen molar-refractivity contribution in [3.05, 3.63) is 42.1 Å². The van der Waals surface area contributed by atoms with Gasteiger partial charge in [0.15, 0.2) is 0 Å². The zero-order valence-corrected chi connectivity index (χ0v) is 14.9. The average Bonchev–Trinajstić information content (AvgIpc) is 3.04. The van der Waals surface area contributed by atoms with Crippen LogP contribution in [0, 0.1) is 5.92 Å². The maximum absolute atomic E-state index is 12.6. The summed E-state index contributed by atoms with van der Waals surface area (Å²) in [6.45, 7) is 4.00. The molecular formula is C19H24N4O3. The first-order valence-corrected chi connectivity index (χ1v) is 9.20. The van der Waals surface area contributed by atoms with Gasteiger partial charge in [-0.15, -0.1) is 0 Å². The van der Waals surface area contributed by atoms with Gasteiger partial charge in [-0.2, -0.15) is 0 Å². The molecule has 1 aliphatic carbocycles. The first-order chi connectivity index (χ1) is 12.6. The Labute approximate surface area is 152 Å². The van der Waals surface area contributed by atoms with Gasteiger partial charge in [-0.25, -0.2) is 9.97 Å². The molecule has 0 spiro atoms. The van der Waals surface area contributed by atoms with Gasteiger partial charge in [0.2, 0.25) is 11.8 Å².